The maximum absolute atomic E-state index is 10.3. The predicted molar refractivity (Wildman–Crippen MR) is 148 cm³/mol. The number of hydrogen-bond acceptors (Lipinski definition) is 5. The van der Waals surface area contributed by atoms with Gasteiger partial charge in [-0.3, -0.25) is 0 Å². The third kappa shape index (κ3) is 5.81. The fourth-order valence-electron chi connectivity index (χ4n) is 4.19. The summed E-state index contributed by atoms with van der Waals surface area (Å²) in [6.45, 7) is 0. The first-order valence-electron chi connectivity index (χ1n) is 12.0. The van der Waals surface area contributed by atoms with Gasteiger partial charge in [0, 0.05) is 27.8 Å². The number of para-hydroxylation sites is 1. The number of nitrogens with zero attached hydrogens (tertiary/aromatic N) is 4. The van der Waals surface area contributed by atoms with Crippen LogP contribution in [0.4, 0.5) is 0 Å². The van der Waals surface area contributed by atoms with E-state index in [4.69, 9.17) is 19.9 Å². The van der Waals surface area contributed by atoms with Crippen molar-refractivity contribution in [2.24, 2.45) is 0 Å². The standard InChI is InChI=1S/C32H22N4O.Cs.H/c37-29-20-8-7-17-26(29)28-19-10-18-27(33-28)24-15-9-16-25(21-24)32-35-30(22-11-3-1-4-12-22)34-31(36-32)23-13-5-2-6-14-23;;/h1-21,37H;;/q;+1;-1. The summed E-state index contributed by atoms with van der Waals surface area (Å²) in [6, 6.07) is 40.9. The second kappa shape index (κ2) is 12.2. The van der Waals surface area contributed by atoms with Crippen LogP contribution in [-0.4, -0.2) is 25.0 Å². The maximum atomic E-state index is 10.3. The van der Waals surface area contributed by atoms with Gasteiger partial charge in [0.15, 0.2) is 17.5 Å². The first-order chi connectivity index (χ1) is 18.2. The Morgan fingerprint density at radius 1 is 0.421 bits per heavy atom. The van der Waals surface area contributed by atoms with Crippen molar-refractivity contribution in [3.05, 3.63) is 127 Å². The van der Waals surface area contributed by atoms with Gasteiger partial charge in [-0.2, -0.15) is 0 Å². The van der Waals surface area contributed by atoms with E-state index < -0.39 is 0 Å². The Balaban J connectivity index is 0.00000176. The molecule has 38 heavy (non-hydrogen) atoms. The zero-order chi connectivity index (χ0) is 25.0. The summed E-state index contributed by atoms with van der Waals surface area (Å²) in [5, 5.41) is 10.3. The van der Waals surface area contributed by atoms with Crippen LogP contribution in [0.2, 0.25) is 0 Å². The fourth-order valence-corrected chi connectivity index (χ4v) is 4.19. The Morgan fingerprint density at radius 3 is 1.53 bits per heavy atom. The van der Waals surface area contributed by atoms with Crippen molar-refractivity contribution >= 4 is 0 Å². The van der Waals surface area contributed by atoms with E-state index in [9.17, 15) is 5.11 Å². The van der Waals surface area contributed by atoms with Crippen molar-refractivity contribution in [1.82, 2.24) is 19.9 Å². The summed E-state index contributed by atoms with van der Waals surface area (Å²) >= 11 is 0. The van der Waals surface area contributed by atoms with E-state index in [1.54, 1.807) is 12.1 Å². The van der Waals surface area contributed by atoms with Crippen molar-refractivity contribution < 1.29 is 75.4 Å². The number of pyridine rings is 1. The molecular weight excluding hydrogens is 589 g/mol. The maximum Gasteiger partial charge on any atom is 1.00 e. The molecule has 1 N–H and O–H groups in total. The normalized spacial score (nSPS) is 10.5. The average Bonchev–Trinajstić information content (AvgIpc) is 2.98. The Kier molecular flexibility index (Phi) is 8.49. The molecule has 178 valence electrons. The molecular formula is C32H23CsN4O. The van der Waals surface area contributed by atoms with Crippen LogP contribution in [0.5, 0.6) is 5.75 Å². The minimum Gasteiger partial charge on any atom is -1.00 e. The smallest absolute Gasteiger partial charge is 1.00 e. The molecule has 0 amide bonds. The molecule has 2 heterocycles. The third-order valence-corrected chi connectivity index (χ3v) is 6.05. The molecule has 0 atom stereocenters. The average molecular weight is 612 g/mol. The van der Waals surface area contributed by atoms with Gasteiger partial charge in [0.2, 0.25) is 0 Å². The first-order valence-corrected chi connectivity index (χ1v) is 12.0. The van der Waals surface area contributed by atoms with Crippen LogP contribution in [0.15, 0.2) is 127 Å². The van der Waals surface area contributed by atoms with Crippen molar-refractivity contribution in [1.29, 1.82) is 0 Å². The van der Waals surface area contributed by atoms with E-state index >= 15 is 0 Å². The van der Waals surface area contributed by atoms with E-state index in [1.165, 1.54) is 0 Å². The Hall–Kier alpha value is -3.11. The number of phenolic OH excluding ortho intramolecular Hbond substituents is 1. The Bertz CT molecular complexity index is 1640. The van der Waals surface area contributed by atoms with Crippen LogP contribution in [0, 0.1) is 0 Å². The van der Waals surface area contributed by atoms with Gasteiger partial charge in [0.05, 0.1) is 11.4 Å². The Labute approximate surface area is 281 Å². The Morgan fingerprint density at radius 2 is 0.895 bits per heavy atom. The van der Waals surface area contributed by atoms with Gasteiger partial charge in [0.25, 0.3) is 0 Å². The summed E-state index contributed by atoms with van der Waals surface area (Å²) in [5.74, 6) is 2.03. The van der Waals surface area contributed by atoms with Gasteiger partial charge in [0.1, 0.15) is 5.75 Å². The monoisotopic (exact) mass is 612 g/mol. The van der Waals surface area contributed by atoms with E-state index in [0.717, 1.165) is 27.9 Å². The summed E-state index contributed by atoms with van der Waals surface area (Å²) in [7, 11) is 0. The molecule has 0 bridgehead atoms. The SMILES string of the molecule is Oc1ccccc1-c1cccc(-c2cccc(-c3nc(-c4ccccc4)nc(-c4ccccc4)n3)c2)n1.[Cs+].[H-]. The predicted octanol–water partition coefficient (Wildman–Crippen LogP) is 4.42. The second-order valence-corrected chi connectivity index (χ2v) is 8.54. The first kappa shape index (κ1) is 26.5. The van der Waals surface area contributed by atoms with Gasteiger partial charge in [-0.25, -0.2) is 19.9 Å². The third-order valence-electron chi connectivity index (χ3n) is 6.05. The number of benzene rings is 4. The molecule has 6 aromatic rings. The van der Waals surface area contributed by atoms with Crippen LogP contribution in [0.3, 0.4) is 0 Å². The number of rotatable bonds is 5. The summed E-state index contributed by atoms with van der Waals surface area (Å²) in [5.41, 5.74) is 5.84. The van der Waals surface area contributed by atoms with Gasteiger partial charge >= 0.3 is 68.9 Å². The zero-order valence-corrected chi connectivity index (χ0v) is 27.1. The molecule has 4 aromatic carbocycles. The largest absolute Gasteiger partial charge is 1.00 e. The molecule has 0 spiro atoms. The minimum absolute atomic E-state index is 0. The molecule has 0 unspecified atom stereocenters. The van der Waals surface area contributed by atoms with Crippen LogP contribution < -0.4 is 68.9 Å². The summed E-state index contributed by atoms with van der Waals surface area (Å²) < 4.78 is 0. The topological polar surface area (TPSA) is 71.8 Å². The zero-order valence-electron chi connectivity index (χ0n) is 21.9. The molecule has 0 aliphatic heterocycles. The molecule has 5 nitrogen and oxygen atoms in total. The molecule has 0 aliphatic carbocycles. The summed E-state index contributed by atoms with van der Waals surface area (Å²) in [6.07, 6.45) is 0. The molecule has 6 heteroatoms. The quantitative estimate of drug-likeness (QED) is 0.312. The van der Waals surface area contributed by atoms with Crippen LogP contribution in [-0.2, 0) is 0 Å². The molecule has 0 saturated carbocycles. The van der Waals surface area contributed by atoms with Crippen LogP contribution in [0.1, 0.15) is 1.43 Å². The van der Waals surface area contributed by atoms with E-state index in [-0.39, 0.29) is 76.1 Å². The molecule has 2 aromatic heterocycles. The van der Waals surface area contributed by atoms with Crippen molar-refractivity contribution in [3.8, 4) is 62.4 Å². The molecule has 0 aliphatic rings. The van der Waals surface area contributed by atoms with E-state index in [2.05, 4.69) is 0 Å². The van der Waals surface area contributed by atoms with Crippen molar-refractivity contribution in [3.63, 3.8) is 0 Å². The van der Waals surface area contributed by atoms with Gasteiger partial charge in [-0.05, 0) is 30.3 Å². The van der Waals surface area contributed by atoms with Gasteiger partial charge < -0.3 is 6.53 Å². The van der Waals surface area contributed by atoms with Crippen molar-refractivity contribution in [2.75, 3.05) is 0 Å². The number of hydrogen-bond donors (Lipinski definition) is 1. The van der Waals surface area contributed by atoms with Gasteiger partial charge in [-0.15, -0.1) is 0 Å². The molecule has 0 radical (unpaired) electrons. The van der Waals surface area contributed by atoms with Gasteiger partial charge in [-0.1, -0.05) is 97.1 Å². The minimum atomic E-state index is 0. The summed E-state index contributed by atoms with van der Waals surface area (Å²) in [4.78, 5) is 19.3. The van der Waals surface area contributed by atoms with E-state index in [1.807, 2.05) is 115 Å². The molecule has 0 fully saturated rings. The molecule has 0 saturated heterocycles. The number of phenols is 1. The number of aromatic nitrogens is 4. The van der Waals surface area contributed by atoms with E-state index in [0.29, 0.717) is 28.7 Å². The fraction of sp³-hybridized carbons (Fsp3) is 0. The van der Waals surface area contributed by atoms with Crippen LogP contribution in [0.25, 0.3) is 56.7 Å². The van der Waals surface area contributed by atoms with Crippen molar-refractivity contribution in [2.45, 2.75) is 0 Å². The number of aromatic hydroxyl groups is 1. The second-order valence-electron chi connectivity index (χ2n) is 8.54. The molecule has 6 rings (SSSR count). The van der Waals surface area contributed by atoms with Crippen LogP contribution >= 0.6 is 0 Å².